The molecular formula is C18H18ClFN2O3S. The first-order chi connectivity index (χ1) is 12.3. The Balaban J connectivity index is 1.70. The number of hydrogen-bond donors (Lipinski definition) is 1. The van der Waals surface area contributed by atoms with Gasteiger partial charge in [-0.05, 0) is 17.7 Å². The number of nitrogens with zero attached hydrogens (tertiary/aromatic N) is 1. The molecule has 0 aromatic heterocycles. The zero-order valence-corrected chi connectivity index (χ0v) is 15.4. The van der Waals surface area contributed by atoms with Crippen LogP contribution < -0.4 is 5.32 Å². The van der Waals surface area contributed by atoms with E-state index >= 15 is 4.39 Å². The van der Waals surface area contributed by atoms with Crippen molar-refractivity contribution in [1.82, 2.24) is 9.62 Å². The van der Waals surface area contributed by atoms with Crippen LogP contribution in [0.1, 0.15) is 12.0 Å². The van der Waals surface area contributed by atoms with E-state index in [0.717, 1.165) is 9.87 Å². The van der Waals surface area contributed by atoms with Gasteiger partial charge in [0.05, 0.1) is 11.6 Å². The second kappa shape index (κ2) is 7.34. The van der Waals surface area contributed by atoms with E-state index in [1.807, 2.05) is 30.3 Å². The molecule has 2 aromatic carbocycles. The summed E-state index contributed by atoms with van der Waals surface area (Å²) in [5.74, 6) is -0.807. The number of amides is 1. The zero-order chi connectivity index (χ0) is 18.8. The highest BCUT2D eigenvalue weighted by atomic mass is 35.5. The van der Waals surface area contributed by atoms with Crippen LogP contribution in [0.5, 0.6) is 0 Å². The predicted molar refractivity (Wildman–Crippen MR) is 97.0 cm³/mol. The van der Waals surface area contributed by atoms with Crippen molar-refractivity contribution in [3.63, 3.8) is 0 Å². The molecule has 1 atom stereocenters. The molecule has 1 N–H and O–H groups in total. The van der Waals surface area contributed by atoms with Crippen molar-refractivity contribution in [2.24, 2.45) is 0 Å². The Morgan fingerprint density at radius 3 is 2.50 bits per heavy atom. The molecular weight excluding hydrogens is 379 g/mol. The minimum Gasteiger partial charge on any atom is -0.349 e. The summed E-state index contributed by atoms with van der Waals surface area (Å²) in [4.78, 5) is 12.2. The average Bonchev–Trinajstić information content (AvgIpc) is 3.05. The highest BCUT2D eigenvalue weighted by Gasteiger charge is 2.49. The Bertz CT molecular complexity index is 908. The van der Waals surface area contributed by atoms with E-state index in [-0.39, 0.29) is 29.4 Å². The van der Waals surface area contributed by atoms with Gasteiger partial charge < -0.3 is 5.32 Å². The molecule has 0 saturated carbocycles. The lowest BCUT2D eigenvalue weighted by atomic mass is 10.0. The largest absolute Gasteiger partial charge is 0.349 e. The van der Waals surface area contributed by atoms with Crippen molar-refractivity contribution in [3.05, 3.63) is 65.2 Å². The van der Waals surface area contributed by atoms with Gasteiger partial charge in [0.1, 0.15) is 4.90 Å². The van der Waals surface area contributed by atoms with E-state index in [9.17, 15) is 13.2 Å². The van der Waals surface area contributed by atoms with Gasteiger partial charge in [-0.2, -0.15) is 4.31 Å². The van der Waals surface area contributed by atoms with Crippen molar-refractivity contribution in [2.45, 2.75) is 23.5 Å². The number of alkyl halides is 1. The van der Waals surface area contributed by atoms with Crippen LogP contribution in [0, 0.1) is 0 Å². The molecule has 26 heavy (non-hydrogen) atoms. The number of halogens is 2. The molecule has 1 fully saturated rings. The lowest BCUT2D eigenvalue weighted by molar-refractivity contribution is -0.132. The van der Waals surface area contributed by atoms with Crippen LogP contribution in [-0.2, 0) is 21.4 Å². The fourth-order valence-corrected chi connectivity index (χ4v) is 4.84. The number of rotatable bonds is 5. The van der Waals surface area contributed by atoms with Crippen LogP contribution in [0.25, 0.3) is 0 Å². The topological polar surface area (TPSA) is 66.5 Å². The van der Waals surface area contributed by atoms with E-state index in [4.69, 9.17) is 11.6 Å². The minimum absolute atomic E-state index is 0.0670. The maximum atomic E-state index is 15.1. The summed E-state index contributed by atoms with van der Waals surface area (Å²) in [6, 6.07) is 15.1. The number of nitrogens with one attached hydrogen (secondary N) is 1. The van der Waals surface area contributed by atoms with Gasteiger partial charge in [0.25, 0.3) is 5.91 Å². The molecule has 1 amide bonds. The van der Waals surface area contributed by atoms with Crippen LogP contribution in [0.4, 0.5) is 4.39 Å². The molecule has 1 unspecified atom stereocenters. The van der Waals surface area contributed by atoms with Crippen molar-refractivity contribution in [2.75, 3.05) is 13.1 Å². The maximum absolute atomic E-state index is 15.1. The summed E-state index contributed by atoms with van der Waals surface area (Å²) in [7, 11) is -3.96. The molecule has 0 aliphatic carbocycles. The molecule has 3 rings (SSSR count). The van der Waals surface area contributed by atoms with Gasteiger partial charge in [-0.25, -0.2) is 12.8 Å². The number of carbonyl (C=O) groups is 1. The Morgan fingerprint density at radius 2 is 1.81 bits per heavy atom. The number of hydrogen-bond acceptors (Lipinski definition) is 3. The molecule has 0 bridgehead atoms. The Morgan fingerprint density at radius 1 is 1.15 bits per heavy atom. The van der Waals surface area contributed by atoms with Gasteiger partial charge in [0, 0.05) is 19.5 Å². The molecule has 0 spiro atoms. The third-order valence-electron chi connectivity index (χ3n) is 4.34. The van der Waals surface area contributed by atoms with E-state index in [0.29, 0.717) is 0 Å². The van der Waals surface area contributed by atoms with Gasteiger partial charge >= 0.3 is 0 Å². The highest BCUT2D eigenvalue weighted by molar-refractivity contribution is 7.89. The SMILES string of the molecule is O=C(NCc1ccccc1)C1(F)CCN(S(=O)(=O)c2ccccc2Cl)C1. The fourth-order valence-electron chi connectivity index (χ4n) is 2.86. The van der Waals surface area contributed by atoms with Gasteiger partial charge in [0.2, 0.25) is 15.7 Å². The lowest BCUT2D eigenvalue weighted by Crippen LogP contribution is -2.45. The maximum Gasteiger partial charge on any atom is 0.259 e. The van der Waals surface area contributed by atoms with Crippen molar-refractivity contribution >= 4 is 27.5 Å². The first kappa shape index (κ1) is 18.8. The quantitative estimate of drug-likeness (QED) is 0.845. The first-order valence-corrected chi connectivity index (χ1v) is 9.90. The Kier molecular flexibility index (Phi) is 5.32. The third kappa shape index (κ3) is 3.75. The van der Waals surface area contributed by atoms with Crippen molar-refractivity contribution in [1.29, 1.82) is 0 Å². The van der Waals surface area contributed by atoms with Gasteiger partial charge in [-0.15, -0.1) is 0 Å². The number of benzene rings is 2. The smallest absolute Gasteiger partial charge is 0.259 e. The van der Waals surface area contributed by atoms with Gasteiger partial charge in [0.15, 0.2) is 0 Å². The van der Waals surface area contributed by atoms with E-state index in [1.54, 1.807) is 12.1 Å². The minimum atomic E-state index is -3.96. The molecule has 138 valence electrons. The van der Waals surface area contributed by atoms with Crippen LogP contribution in [-0.4, -0.2) is 37.4 Å². The Hall–Kier alpha value is -1.96. The normalized spacial score (nSPS) is 20.8. The first-order valence-electron chi connectivity index (χ1n) is 8.09. The zero-order valence-electron chi connectivity index (χ0n) is 13.9. The molecule has 1 saturated heterocycles. The van der Waals surface area contributed by atoms with Crippen molar-refractivity contribution < 1.29 is 17.6 Å². The highest BCUT2D eigenvalue weighted by Crippen LogP contribution is 2.32. The molecule has 1 aliphatic rings. The average molecular weight is 397 g/mol. The number of sulfonamides is 1. The van der Waals surface area contributed by atoms with Gasteiger partial charge in [-0.3, -0.25) is 4.79 Å². The molecule has 1 aliphatic heterocycles. The monoisotopic (exact) mass is 396 g/mol. The molecule has 1 heterocycles. The molecule has 8 heteroatoms. The summed E-state index contributed by atoms with van der Waals surface area (Å²) in [6.45, 7) is -0.424. The summed E-state index contributed by atoms with van der Waals surface area (Å²) in [5, 5.41) is 2.61. The summed E-state index contributed by atoms with van der Waals surface area (Å²) >= 11 is 5.96. The predicted octanol–water partition coefficient (Wildman–Crippen LogP) is 2.76. The van der Waals surface area contributed by atoms with Crippen LogP contribution >= 0.6 is 11.6 Å². The third-order valence-corrected chi connectivity index (χ3v) is 6.69. The van der Waals surface area contributed by atoms with Crippen LogP contribution in [0.15, 0.2) is 59.5 Å². The second-order valence-electron chi connectivity index (χ2n) is 6.15. The fraction of sp³-hybridized carbons (Fsp3) is 0.278. The van der Waals surface area contributed by atoms with E-state index < -0.39 is 28.1 Å². The van der Waals surface area contributed by atoms with E-state index in [2.05, 4.69) is 5.32 Å². The Labute approximate surface area is 156 Å². The molecule has 5 nitrogen and oxygen atoms in total. The standard InChI is InChI=1S/C18H18ClFN2O3S/c19-15-8-4-5-9-16(15)26(24,25)22-11-10-18(20,13-22)17(23)21-12-14-6-2-1-3-7-14/h1-9H,10-13H2,(H,21,23). The second-order valence-corrected chi connectivity index (χ2v) is 8.47. The lowest BCUT2D eigenvalue weighted by Gasteiger charge is -2.20. The van der Waals surface area contributed by atoms with Crippen molar-refractivity contribution in [3.8, 4) is 0 Å². The van der Waals surface area contributed by atoms with Gasteiger partial charge in [-0.1, -0.05) is 54.1 Å². The summed E-state index contributed by atoms with van der Waals surface area (Å²) in [5.41, 5.74) is -1.42. The van der Waals surface area contributed by atoms with Crippen LogP contribution in [0.3, 0.4) is 0 Å². The van der Waals surface area contributed by atoms with E-state index in [1.165, 1.54) is 12.1 Å². The number of carbonyl (C=O) groups excluding carboxylic acids is 1. The molecule has 2 aromatic rings. The summed E-state index contributed by atoms with van der Waals surface area (Å²) < 4.78 is 41.4. The summed E-state index contributed by atoms with van der Waals surface area (Å²) in [6.07, 6.45) is -0.197. The van der Waals surface area contributed by atoms with Crippen LogP contribution in [0.2, 0.25) is 5.02 Å². The molecule has 0 radical (unpaired) electrons.